The van der Waals surface area contributed by atoms with Crippen molar-refractivity contribution in [2.24, 2.45) is 5.92 Å². The number of aromatic nitrogens is 1. The van der Waals surface area contributed by atoms with Gasteiger partial charge in [-0.15, -0.1) is 0 Å². The number of halogens is 2. The monoisotopic (exact) mass is 368 g/mol. The van der Waals surface area contributed by atoms with Crippen molar-refractivity contribution in [3.8, 4) is 17.5 Å². The van der Waals surface area contributed by atoms with E-state index in [9.17, 15) is 0 Å². The van der Waals surface area contributed by atoms with Crippen LogP contribution in [0.15, 0.2) is 34.8 Å². The molecule has 1 aromatic carbocycles. The third-order valence-corrected chi connectivity index (χ3v) is 3.93. The predicted octanol–water partition coefficient (Wildman–Crippen LogP) is 4.66. The second-order valence-corrected chi connectivity index (χ2v) is 6.30. The van der Waals surface area contributed by atoms with E-state index in [4.69, 9.17) is 26.8 Å². The van der Waals surface area contributed by atoms with Crippen LogP contribution in [0.25, 0.3) is 0 Å². The zero-order valence-electron chi connectivity index (χ0n) is 11.2. The molecule has 3 rings (SSSR count). The van der Waals surface area contributed by atoms with Crippen LogP contribution in [0.3, 0.4) is 0 Å². The number of anilines is 1. The highest BCUT2D eigenvalue weighted by Gasteiger charge is 2.22. The largest absolute Gasteiger partial charge is 0.476 e. The Kier molecular flexibility index (Phi) is 4.22. The van der Waals surface area contributed by atoms with Gasteiger partial charge >= 0.3 is 0 Å². The van der Waals surface area contributed by atoms with Crippen molar-refractivity contribution >= 4 is 33.2 Å². The van der Waals surface area contributed by atoms with Gasteiger partial charge in [0.2, 0.25) is 11.8 Å². The Morgan fingerprint density at radius 3 is 2.86 bits per heavy atom. The van der Waals surface area contributed by atoms with Crippen molar-refractivity contribution in [2.75, 3.05) is 12.3 Å². The van der Waals surface area contributed by atoms with E-state index in [0.29, 0.717) is 40.7 Å². The first-order valence-corrected chi connectivity index (χ1v) is 7.81. The van der Waals surface area contributed by atoms with Gasteiger partial charge in [-0.05, 0) is 43.0 Å². The van der Waals surface area contributed by atoms with Crippen molar-refractivity contribution in [1.29, 1.82) is 0 Å². The number of hydrogen-bond acceptors (Lipinski definition) is 4. The van der Waals surface area contributed by atoms with E-state index < -0.39 is 0 Å². The fourth-order valence-electron chi connectivity index (χ4n) is 1.76. The van der Waals surface area contributed by atoms with Crippen LogP contribution in [0, 0.1) is 5.92 Å². The van der Waals surface area contributed by atoms with Crippen molar-refractivity contribution < 1.29 is 9.47 Å². The van der Waals surface area contributed by atoms with Gasteiger partial charge in [0.05, 0.1) is 17.3 Å². The number of nitrogens with zero attached hydrogens (tertiary/aromatic N) is 1. The minimum absolute atomic E-state index is 0.398. The fourth-order valence-corrected chi connectivity index (χ4v) is 2.25. The van der Waals surface area contributed by atoms with E-state index in [1.54, 1.807) is 24.3 Å². The molecule has 2 aromatic rings. The van der Waals surface area contributed by atoms with Crippen molar-refractivity contribution in [3.63, 3.8) is 0 Å². The summed E-state index contributed by atoms with van der Waals surface area (Å²) in [7, 11) is 0. The van der Waals surface area contributed by atoms with E-state index in [1.807, 2.05) is 6.07 Å². The lowest BCUT2D eigenvalue weighted by Crippen LogP contribution is -2.04. The lowest BCUT2D eigenvalue weighted by atomic mass is 10.3. The lowest BCUT2D eigenvalue weighted by Gasteiger charge is -2.11. The molecular weight excluding hydrogens is 356 g/mol. The summed E-state index contributed by atoms with van der Waals surface area (Å²) < 4.78 is 12.2. The molecule has 1 heterocycles. The summed E-state index contributed by atoms with van der Waals surface area (Å²) in [5.41, 5.74) is 6.37. The summed E-state index contributed by atoms with van der Waals surface area (Å²) in [6, 6.07) is 8.79. The number of rotatable bonds is 5. The lowest BCUT2D eigenvalue weighted by molar-refractivity contribution is 0.286. The van der Waals surface area contributed by atoms with Crippen molar-refractivity contribution in [1.82, 2.24) is 4.98 Å². The first-order valence-electron chi connectivity index (χ1n) is 6.64. The molecule has 0 unspecified atom stereocenters. The smallest absolute Gasteiger partial charge is 0.240 e. The number of benzene rings is 1. The average molecular weight is 370 g/mol. The van der Waals surface area contributed by atoms with Gasteiger partial charge in [-0.25, -0.2) is 0 Å². The minimum atomic E-state index is 0.398. The molecule has 1 aliphatic carbocycles. The molecule has 21 heavy (non-hydrogen) atoms. The summed E-state index contributed by atoms with van der Waals surface area (Å²) in [5, 5.41) is 0.511. The Morgan fingerprint density at radius 1 is 1.29 bits per heavy atom. The van der Waals surface area contributed by atoms with E-state index in [-0.39, 0.29) is 0 Å². The highest BCUT2D eigenvalue weighted by Crippen LogP contribution is 2.34. The van der Waals surface area contributed by atoms with Gasteiger partial charge in [-0.3, -0.25) is 0 Å². The molecule has 0 atom stereocenters. The molecule has 1 fully saturated rings. The maximum absolute atomic E-state index is 6.10. The van der Waals surface area contributed by atoms with Gasteiger partial charge < -0.3 is 15.2 Å². The minimum Gasteiger partial charge on any atom is -0.476 e. The van der Waals surface area contributed by atoms with Gasteiger partial charge in [0, 0.05) is 10.5 Å². The molecule has 0 spiro atoms. The number of nitrogen functional groups attached to an aromatic ring is 1. The van der Waals surface area contributed by atoms with Crippen LogP contribution in [0.4, 0.5) is 5.69 Å². The first kappa shape index (κ1) is 14.5. The molecule has 0 radical (unpaired) electrons. The van der Waals surface area contributed by atoms with E-state index in [0.717, 1.165) is 4.47 Å². The summed E-state index contributed by atoms with van der Waals surface area (Å²) in [6.07, 6.45) is 2.42. The van der Waals surface area contributed by atoms with E-state index in [1.165, 1.54) is 12.8 Å². The van der Waals surface area contributed by atoms with Gasteiger partial charge in [0.15, 0.2) is 0 Å². The predicted molar refractivity (Wildman–Crippen MR) is 86.1 cm³/mol. The zero-order valence-corrected chi connectivity index (χ0v) is 13.5. The third kappa shape index (κ3) is 3.80. The molecule has 1 aliphatic rings. The molecule has 1 saturated carbocycles. The summed E-state index contributed by atoms with van der Waals surface area (Å²) in [5.74, 6) is 1.97. The normalized spacial score (nSPS) is 14.0. The maximum Gasteiger partial charge on any atom is 0.240 e. The standard InChI is InChI=1S/C15H14BrClN2O2/c16-10-3-4-11(17)13(7-10)21-14-6-5-12(18)15(19-14)20-8-9-1-2-9/h3-7,9H,1-2,8,18H2. The number of nitrogens with two attached hydrogens (primary N) is 1. The molecule has 0 saturated heterocycles. The van der Waals surface area contributed by atoms with Crippen LogP contribution in [-0.4, -0.2) is 11.6 Å². The molecule has 0 bridgehead atoms. The van der Waals surface area contributed by atoms with Crippen molar-refractivity contribution in [3.05, 3.63) is 39.8 Å². The Hall–Kier alpha value is -1.46. The van der Waals surface area contributed by atoms with Gasteiger partial charge in [-0.2, -0.15) is 4.98 Å². The molecule has 0 amide bonds. The Morgan fingerprint density at radius 2 is 2.10 bits per heavy atom. The molecule has 6 heteroatoms. The summed E-state index contributed by atoms with van der Waals surface area (Å²) >= 11 is 9.48. The fraction of sp³-hybridized carbons (Fsp3) is 0.267. The van der Waals surface area contributed by atoms with Crippen LogP contribution in [0.2, 0.25) is 5.02 Å². The maximum atomic E-state index is 6.10. The molecular formula is C15H14BrClN2O2. The van der Waals surface area contributed by atoms with Crippen LogP contribution >= 0.6 is 27.5 Å². The SMILES string of the molecule is Nc1ccc(Oc2cc(Br)ccc2Cl)nc1OCC1CC1. The van der Waals surface area contributed by atoms with Crippen LogP contribution in [-0.2, 0) is 0 Å². The molecule has 4 nitrogen and oxygen atoms in total. The highest BCUT2D eigenvalue weighted by molar-refractivity contribution is 9.10. The van der Waals surface area contributed by atoms with Gasteiger partial charge in [0.1, 0.15) is 5.75 Å². The molecule has 1 aromatic heterocycles. The number of pyridine rings is 1. The van der Waals surface area contributed by atoms with E-state index >= 15 is 0 Å². The van der Waals surface area contributed by atoms with Crippen molar-refractivity contribution in [2.45, 2.75) is 12.8 Å². The topological polar surface area (TPSA) is 57.4 Å². The Bertz CT molecular complexity index is 662. The second-order valence-electron chi connectivity index (χ2n) is 4.98. The molecule has 2 N–H and O–H groups in total. The first-order chi connectivity index (χ1) is 10.1. The van der Waals surface area contributed by atoms with Crippen LogP contribution in [0.5, 0.6) is 17.5 Å². The van der Waals surface area contributed by atoms with E-state index in [2.05, 4.69) is 20.9 Å². The highest BCUT2D eigenvalue weighted by atomic mass is 79.9. The van der Waals surface area contributed by atoms with Gasteiger partial charge in [-0.1, -0.05) is 27.5 Å². The quantitative estimate of drug-likeness (QED) is 0.832. The van der Waals surface area contributed by atoms with Gasteiger partial charge in [0.25, 0.3) is 0 Å². The number of ether oxygens (including phenoxy) is 2. The Labute approximate surface area is 136 Å². The summed E-state index contributed by atoms with van der Waals surface area (Å²) in [6.45, 7) is 0.651. The van der Waals surface area contributed by atoms with Crippen LogP contribution < -0.4 is 15.2 Å². The molecule has 0 aliphatic heterocycles. The summed E-state index contributed by atoms with van der Waals surface area (Å²) in [4.78, 5) is 4.29. The second kappa shape index (κ2) is 6.12. The average Bonchev–Trinajstić information content (AvgIpc) is 3.27. The zero-order chi connectivity index (χ0) is 14.8. The number of hydrogen-bond donors (Lipinski definition) is 1. The Balaban J connectivity index is 1.78. The van der Waals surface area contributed by atoms with Crippen LogP contribution in [0.1, 0.15) is 12.8 Å². The molecule has 110 valence electrons. The third-order valence-electron chi connectivity index (χ3n) is 3.12.